The minimum Gasteiger partial charge on any atom is -0.467 e. The van der Waals surface area contributed by atoms with Gasteiger partial charge < -0.3 is 14.5 Å². The molecule has 4 aromatic rings. The molecule has 0 atom stereocenters. The third-order valence-corrected chi connectivity index (χ3v) is 5.25. The van der Waals surface area contributed by atoms with Gasteiger partial charge in [0.2, 0.25) is 5.88 Å². The number of nitrogens with one attached hydrogen (secondary N) is 1. The minimum atomic E-state index is -0.647. The molecule has 0 radical (unpaired) electrons. The predicted molar refractivity (Wildman–Crippen MR) is 126 cm³/mol. The molecule has 0 bridgehead atoms. The average molecular weight is 454 g/mol. The summed E-state index contributed by atoms with van der Waals surface area (Å²) in [6.07, 6.45) is 5.15. The fourth-order valence-electron chi connectivity index (χ4n) is 3.37. The zero-order chi connectivity index (χ0) is 24.1. The van der Waals surface area contributed by atoms with Gasteiger partial charge in [-0.25, -0.2) is 0 Å². The minimum absolute atomic E-state index is 0.00707. The number of ether oxygens (including phenoxy) is 1. The van der Waals surface area contributed by atoms with Gasteiger partial charge in [0, 0.05) is 6.20 Å². The second-order valence-electron chi connectivity index (χ2n) is 7.55. The first kappa shape index (κ1) is 22.6. The van der Waals surface area contributed by atoms with Gasteiger partial charge in [0.15, 0.2) is 0 Å². The van der Waals surface area contributed by atoms with E-state index in [1.165, 1.54) is 16.7 Å². The van der Waals surface area contributed by atoms with Crippen LogP contribution in [0.15, 0.2) is 75.8 Å². The fraction of sp³-hybridized carbons (Fsp3) is 0.154. The maximum atomic E-state index is 13.4. The maximum absolute atomic E-state index is 13.4. The number of aromatic nitrogens is 2. The monoisotopic (exact) mass is 454 g/mol. The van der Waals surface area contributed by atoms with Gasteiger partial charge in [0.25, 0.3) is 11.5 Å². The molecule has 1 amide bonds. The highest BCUT2D eigenvalue weighted by Gasteiger charge is 2.18. The molecule has 3 aromatic heterocycles. The van der Waals surface area contributed by atoms with E-state index >= 15 is 0 Å². The van der Waals surface area contributed by atoms with Crippen LogP contribution in [0, 0.1) is 18.3 Å². The molecule has 0 aliphatic carbocycles. The number of aryl methyl sites for hydroxylation is 2. The molecule has 0 saturated carbocycles. The lowest BCUT2D eigenvalue weighted by molar-refractivity contribution is -0.117. The molecule has 0 aliphatic rings. The highest BCUT2D eigenvalue weighted by molar-refractivity contribution is 6.01. The lowest BCUT2D eigenvalue weighted by Gasteiger charge is -2.12. The summed E-state index contributed by atoms with van der Waals surface area (Å²) in [5.74, 6) is 0.381. The van der Waals surface area contributed by atoms with Gasteiger partial charge in [0.05, 0.1) is 12.8 Å². The van der Waals surface area contributed by atoms with Crippen LogP contribution in [0.2, 0.25) is 0 Å². The Bertz CT molecular complexity index is 1460. The van der Waals surface area contributed by atoms with Crippen molar-refractivity contribution in [1.82, 2.24) is 14.7 Å². The number of carbonyl (C=O) groups excluding carboxylic acids is 1. The number of carbonyl (C=O) groups is 1. The molecule has 8 nitrogen and oxygen atoms in total. The highest BCUT2D eigenvalue weighted by Crippen LogP contribution is 2.25. The molecule has 0 spiro atoms. The molecule has 4 rings (SSSR count). The van der Waals surface area contributed by atoms with Crippen molar-refractivity contribution in [2.45, 2.75) is 26.8 Å². The van der Waals surface area contributed by atoms with E-state index in [-0.39, 0.29) is 23.6 Å². The van der Waals surface area contributed by atoms with E-state index < -0.39 is 11.5 Å². The van der Waals surface area contributed by atoms with Crippen LogP contribution in [0.5, 0.6) is 11.6 Å². The molecule has 8 heteroatoms. The molecule has 0 unspecified atom stereocenters. The van der Waals surface area contributed by atoms with Gasteiger partial charge in [-0.2, -0.15) is 10.2 Å². The van der Waals surface area contributed by atoms with Crippen molar-refractivity contribution in [2.24, 2.45) is 0 Å². The summed E-state index contributed by atoms with van der Waals surface area (Å²) < 4.78 is 12.5. The zero-order valence-electron chi connectivity index (χ0n) is 18.7. The summed E-state index contributed by atoms with van der Waals surface area (Å²) in [5.41, 5.74) is 1.61. The Morgan fingerprint density at radius 2 is 2.03 bits per heavy atom. The predicted octanol–water partition coefficient (Wildman–Crippen LogP) is 4.17. The van der Waals surface area contributed by atoms with E-state index in [1.807, 2.05) is 38.1 Å². The topological polar surface area (TPSA) is 110 Å². The summed E-state index contributed by atoms with van der Waals surface area (Å²) in [6.45, 7) is 3.99. The second kappa shape index (κ2) is 9.88. The van der Waals surface area contributed by atoms with Crippen LogP contribution in [0.3, 0.4) is 0 Å². The second-order valence-corrected chi connectivity index (χ2v) is 7.55. The Balaban J connectivity index is 1.77. The van der Waals surface area contributed by atoms with Crippen LogP contribution in [0.25, 0.3) is 11.7 Å². The summed E-state index contributed by atoms with van der Waals surface area (Å²) in [4.78, 5) is 30.5. The number of hydrogen-bond acceptors (Lipinski definition) is 6. The molecule has 1 aromatic carbocycles. The molecule has 34 heavy (non-hydrogen) atoms. The van der Waals surface area contributed by atoms with Crippen LogP contribution in [0.1, 0.15) is 29.4 Å². The molecule has 170 valence electrons. The SMILES string of the molecule is CCc1ccc(Oc2nc3c(C)cccn3c(=O)c2C=C(C#N)C(=O)NCc2ccco2)cc1. The number of hydrogen-bond donors (Lipinski definition) is 1. The summed E-state index contributed by atoms with van der Waals surface area (Å²) in [6, 6.07) is 16.2. The lowest BCUT2D eigenvalue weighted by Crippen LogP contribution is -2.25. The molecular formula is C26H22N4O4. The number of nitriles is 1. The largest absolute Gasteiger partial charge is 0.467 e. The Labute approximate surface area is 195 Å². The third kappa shape index (κ3) is 4.74. The van der Waals surface area contributed by atoms with E-state index in [9.17, 15) is 14.9 Å². The number of amides is 1. The first-order valence-electron chi connectivity index (χ1n) is 10.7. The lowest BCUT2D eigenvalue weighted by atomic mass is 10.1. The van der Waals surface area contributed by atoms with Crippen molar-refractivity contribution >= 4 is 17.6 Å². The molecular weight excluding hydrogens is 432 g/mol. The maximum Gasteiger partial charge on any atom is 0.269 e. The van der Waals surface area contributed by atoms with Crippen molar-refractivity contribution in [3.05, 3.63) is 99.4 Å². The van der Waals surface area contributed by atoms with E-state index in [0.29, 0.717) is 17.2 Å². The van der Waals surface area contributed by atoms with Crippen LogP contribution in [0.4, 0.5) is 0 Å². The number of benzene rings is 1. The number of nitrogens with zero attached hydrogens (tertiary/aromatic N) is 3. The summed E-state index contributed by atoms with van der Waals surface area (Å²) in [7, 11) is 0. The quantitative estimate of drug-likeness (QED) is 0.331. The van der Waals surface area contributed by atoms with Gasteiger partial charge in [-0.15, -0.1) is 0 Å². The van der Waals surface area contributed by atoms with Gasteiger partial charge in [-0.1, -0.05) is 25.1 Å². The Hall–Kier alpha value is -4.64. The van der Waals surface area contributed by atoms with Crippen LogP contribution < -0.4 is 15.6 Å². The Morgan fingerprint density at radius 1 is 1.24 bits per heavy atom. The molecule has 1 N–H and O–H groups in total. The molecule has 0 aliphatic heterocycles. The molecule has 3 heterocycles. The first-order chi connectivity index (χ1) is 16.5. The Morgan fingerprint density at radius 3 is 2.71 bits per heavy atom. The van der Waals surface area contributed by atoms with Crippen molar-refractivity contribution in [2.75, 3.05) is 0 Å². The van der Waals surface area contributed by atoms with E-state index in [2.05, 4.69) is 10.3 Å². The number of pyridine rings is 1. The van der Waals surface area contributed by atoms with Gasteiger partial charge in [-0.05, 0) is 60.9 Å². The van der Waals surface area contributed by atoms with E-state index in [1.54, 1.807) is 36.5 Å². The van der Waals surface area contributed by atoms with Crippen molar-refractivity contribution in [3.8, 4) is 17.7 Å². The van der Waals surface area contributed by atoms with Crippen LogP contribution >= 0.6 is 0 Å². The number of rotatable bonds is 7. The smallest absolute Gasteiger partial charge is 0.269 e. The van der Waals surface area contributed by atoms with Crippen LogP contribution in [-0.2, 0) is 17.8 Å². The molecule has 0 fully saturated rings. The van der Waals surface area contributed by atoms with Gasteiger partial charge in [0.1, 0.15) is 34.4 Å². The first-order valence-corrected chi connectivity index (χ1v) is 10.7. The van der Waals surface area contributed by atoms with E-state index in [4.69, 9.17) is 9.15 Å². The van der Waals surface area contributed by atoms with Crippen molar-refractivity contribution < 1.29 is 13.9 Å². The van der Waals surface area contributed by atoms with Crippen LogP contribution in [-0.4, -0.2) is 15.3 Å². The van der Waals surface area contributed by atoms with E-state index in [0.717, 1.165) is 17.5 Å². The molecule has 0 saturated heterocycles. The fourth-order valence-corrected chi connectivity index (χ4v) is 3.37. The number of furan rings is 1. The Kier molecular flexibility index (Phi) is 6.55. The normalized spacial score (nSPS) is 11.3. The van der Waals surface area contributed by atoms with Crippen molar-refractivity contribution in [3.63, 3.8) is 0 Å². The standard InChI is InChI=1S/C26H22N4O4/c1-3-18-8-10-20(11-9-18)34-25-22(26(32)30-12-4-6-17(2)23(30)29-25)14-19(15-27)24(31)28-16-21-7-5-13-33-21/h4-14H,3,16H2,1-2H3,(H,28,31). The average Bonchev–Trinajstić information content (AvgIpc) is 3.37. The van der Waals surface area contributed by atoms with Crippen molar-refractivity contribution in [1.29, 1.82) is 5.26 Å². The third-order valence-electron chi connectivity index (χ3n) is 5.25. The number of fused-ring (bicyclic) bond motifs is 1. The summed E-state index contributed by atoms with van der Waals surface area (Å²) in [5, 5.41) is 12.2. The van der Waals surface area contributed by atoms with Gasteiger partial charge >= 0.3 is 0 Å². The highest BCUT2D eigenvalue weighted by atomic mass is 16.5. The zero-order valence-corrected chi connectivity index (χ0v) is 18.7. The van der Waals surface area contributed by atoms with Gasteiger partial charge in [-0.3, -0.25) is 14.0 Å². The summed E-state index contributed by atoms with van der Waals surface area (Å²) >= 11 is 0.